The van der Waals surface area contributed by atoms with E-state index in [2.05, 4.69) is 29.0 Å². The number of benzene rings is 1. The third kappa shape index (κ3) is 3.08. The minimum Gasteiger partial charge on any atom is -0.349 e. The van der Waals surface area contributed by atoms with E-state index in [4.69, 9.17) is 9.47 Å². The molecule has 106 valence electrons. The third-order valence-corrected chi connectivity index (χ3v) is 3.61. The number of ether oxygens (including phenoxy) is 2. The summed E-state index contributed by atoms with van der Waals surface area (Å²) in [5.41, 5.74) is 1.24. The fraction of sp³-hybridized carbons (Fsp3) is 0.438. The van der Waals surface area contributed by atoms with Crippen LogP contribution in [0.1, 0.15) is 24.7 Å². The Morgan fingerprint density at radius 1 is 1.35 bits per heavy atom. The van der Waals surface area contributed by atoms with Crippen molar-refractivity contribution in [3.8, 4) is 0 Å². The van der Waals surface area contributed by atoms with Crippen molar-refractivity contribution >= 4 is 0 Å². The molecule has 0 saturated carbocycles. The Morgan fingerprint density at radius 3 is 2.85 bits per heavy atom. The summed E-state index contributed by atoms with van der Waals surface area (Å²) in [5.74, 6) is 0.456. The molecule has 0 spiro atoms. The number of hydrogen-bond donors (Lipinski definition) is 1. The summed E-state index contributed by atoms with van der Waals surface area (Å²) in [6.07, 6.45) is 6.18. The second kappa shape index (κ2) is 5.77. The number of hydrogen-bond acceptors (Lipinski definition) is 3. The van der Waals surface area contributed by atoms with Gasteiger partial charge >= 0.3 is 0 Å². The Morgan fingerprint density at radius 2 is 2.20 bits per heavy atom. The maximum absolute atomic E-state index is 6.09. The first kappa shape index (κ1) is 13.3. The molecule has 4 heteroatoms. The first-order chi connectivity index (χ1) is 9.76. The lowest BCUT2D eigenvalue weighted by Gasteiger charge is -2.28. The van der Waals surface area contributed by atoms with Crippen LogP contribution in [0.5, 0.6) is 0 Å². The van der Waals surface area contributed by atoms with E-state index in [1.54, 1.807) is 6.20 Å². The number of aryl methyl sites for hydroxylation is 1. The normalized spacial score (nSPS) is 25.9. The average Bonchev–Trinajstić information content (AvgIpc) is 3.08. The summed E-state index contributed by atoms with van der Waals surface area (Å²) in [6.45, 7) is 2.71. The highest BCUT2D eigenvalue weighted by molar-refractivity contribution is 5.16. The predicted molar refractivity (Wildman–Crippen MR) is 76.3 cm³/mol. The van der Waals surface area contributed by atoms with Crippen LogP contribution < -0.4 is 0 Å². The monoisotopic (exact) mass is 272 g/mol. The van der Waals surface area contributed by atoms with Crippen LogP contribution in [-0.2, 0) is 22.3 Å². The molecule has 2 atom stereocenters. The molecule has 2 unspecified atom stereocenters. The third-order valence-electron chi connectivity index (χ3n) is 3.61. The fourth-order valence-corrected chi connectivity index (χ4v) is 2.67. The first-order valence-electron chi connectivity index (χ1n) is 7.10. The smallest absolute Gasteiger partial charge is 0.173 e. The molecule has 1 aliphatic rings. The van der Waals surface area contributed by atoms with Gasteiger partial charge in [0, 0.05) is 31.7 Å². The van der Waals surface area contributed by atoms with Crippen molar-refractivity contribution in [2.45, 2.75) is 38.1 Å². The molecule has 0 bridgehead atoms. The summed E-state index contributed by atoms with van der Waals surface area (Å²) < 4.78 is 12.1. The van der Waals surface area contributed by atoms with Crippen molar-refractivity contribution in [3.63, 3.8) is 0 Å². The van der Waals surface area contributed by atoms with E-state index in [0.717, 1.165) is 25.1 Å². The number of aromatic nitrogens is 2. The molecule has 1 aromatic carbocycles. The Bertz CT molecular complexity index is 527. The SMILES string of the molecule is CC1COC(CCc2ncc[nH]2)(Cc2ccccc2)O1. The Hall–Kier alpha value is -1.65. The van der Waals surface area contributed by atoms with Gasteiger partial charge in [-0.15, -0.1) is 0 Å². The molecule has 0 aliphatic carbocycles. The van der Waals surface area contributed by atoms with Crippen LogP contribution in [-0.4, -0.2) is 28.5 Å². The van der Waals surface area contributed by atoms with Gasteiger partial charge in [0.2, 0.25) is 0 Å². The van der Waals surface area contributed by atoms with E-state index in [9.17, 15) is 0 Å². The van der Waals surface area contributed by atoms with E-state index >= 15 is 0 Å². The second-order valence-electron chi connectivity index (χ2n) is 5.35. The quantitative estimate of drug-likeness (QED) is 0.910. The predicted octanol–water partition coefficient (Wildman–Crippen LogP) is 2.72. The van der Waals surface area contributed by atoms with Crippen LogP contribution in [0, 0.1) is 0 Å². The molecule has 20 heavy (non-hydrogen) atoms. The molecular formula is C16H20N2O2. The van der Waals surface area contributed by atoms with Gasteiger partial charge in [0.1, 0.15) is 5.82 Å². The minimum absolute atomic E-state index is 0.148. The largest absolute Gasteiger partial charge is 0.349 e. The molecule has 1 aromatic heterocycles. The molecule has 1 aliphatic heterocycles. The van der Waals surface area contributed by atoms with Crippen LogP contribution in [0.4, 0.5) is 0 Å². The first-order valence-corrected chi connectivity index (χ1v) is 7.10. The van der Waals surface area contributed by atoms with Gasteiger partial charge in [0.05, 0.1) is 12.7 Å². The molecule has 1 fully saturated rings. The molecular weight excluding hydrogens is 252 g/mol. The van der Waals surface area contributed by atoms with E-state index in [-0.39, 0.29) is 6.10 Å². The van der Waals surface area contributed by atoms with Crippen molar-refractivity contribution < 1.29 is 9.47 Å². The molecule has 1 saturated heterocycles. The number of rotatable bonds is 5. The van der Waals surface area contributed by atoms with Gasteiger partial charge < -0.3 is 14.5 Å². The molecule has 0 amide bonds. The zero-order chi connectivity index (χ0) is 13.8. The van der Waals surface area contributed by atoms with Gasteiger partial charge in [-0.05, 0) is 12.5 Å². The fourth-order valence-electron chi connectivity index (χ4n) is 2.67. The highest BCUT2D eigenvalue weighted by Crippen LogP contribution is 2.31. The van der Waals surface area contributed by atoms with Crippen LogP contribution in [0.3, 0.4) is 0 Å². The summed E-state index contributed by atoms with van der Waals surface area (Å²) in [6, 6.07) is 10.4. The van der Waals surface area contributed by atoms with Crippen LogP contribution in [0.15, 0.2) is 42.7 Å². The van der Waals surface area contributed by atoms with E-state index in [1.807, 2.05) is 24.4 Å². The number of nitrogens with zero attached hydrogens (tertiary/aromatic N) is 1. The van der Waals surface area contributed by atoms with Crippen molar-refractivity contribution in [1.29, 1.82) is 0 Å². The molecule has 1 N–H and O–H groups in total. The summed E-state index contributed by atoms with van der Waals surface area (Å²) in [4.78, 5) is 7.40. The van der Waals surface area contributed by atoms with Gasteiger partial charge in [0.25, 0.3) is 0 Å². The maximum atomic E-state index is 6.09. The lowest BCUT2D eigenvalue weighted by atomic mass is 10.0. The molecule has 4 nitrogen and oxygen atoms in total. The number of nitrogens with one attached hydrogen (secondary N) is 1. The highest BCUT2D eigenvalue weighted by Gasteiger charge is 2.39. The van der Waals surface area contributed by atoms with Crippen LogP contribution >= 0.6 is 0 Å². The van der Waals surface area contributed by atoms with Gasteiger partial charge in [0.15, 0.2) is 5.79 Å². The topological polar surface area (TPSA) is 47.1 Å². The Balaban J connectivity index is 1.71. The zero-order valence-electron chi connectivity index (χ0n) is 11.7. The van der Waals surface area contributed by atoms with Gasteiger partial charge in [-0.3, -0.25) is 0 Å². The van der Waals surface area contributed by atoms with Crippen LogP contribution in [0.2, 0.25) is 0 Å². The van der Waals surface area contributed by atoms with Gasteiger partial charge in [-0.25, -0.2) is 4.98 Å². The lowest BCUT2D eigenvalue weighted by molar-refractivity contribution is -0.170. The zero-order valence-corrected chi connectivity index (χ0v) is 11.7. The lowest BCUT2D eigenvalue weighted by Crippen LogP contribution is -2.34. The number of imidazole rings is 1. The van der Waals surface area contributed by atoms with Gasteiger partial charge in [-0.2, -0.15) is 0 Å². The summed E-state index contributed by atoms with van der Waals surface area (Å²) in [7, 11) is 0. The molecule has 3 rings (SSSR count). The number of H-pyrrole nitrogens is 1. The standard InChI is InChI=1S/C16H20N2O2/c1-13-12-19-16(20-13,8-7-15-17-9-10-18-15)11-14-5-3-2-4-6-14/h2-6,9-10,13H,7-8,11-12H2,1H3,(H,17,18). The molecule has 0 radical (unpaired) electrons. The van der Waals surface area contributed by atoms with Gasteiger partial charge in [-0.1, -0.05) is 30.3 Å². The summed E-state index contributed by atoms with van der Waals surface area (Å²) >= 11 is 0. The van der Waals surface area contributed by atoms with E-state index in [1.165, 1.54) is 5.56 Å². The van der Waals surface area contributed by atoms with E-state index < -0.39 is 5.79 Å². The van der Waals surface area contributed by atoms with Crippen LogP contribution in [0.25, 0.3) is 0 Å². The summed E-state index contributed by atoms with van der Waals surface area (Å²) in [5, 5.41) is 0. The molecule has 2 heterocycles. The minimum atomic E-state index is -0.520. The molecule has 2 aromatic rings. The van der Waals surface area contributed by atoms with Crippen molar-refractivity contribution in [1.82, 2.24) is 9.97 Å². The van der Waals surface area contributed by atoms with Crippen molar-refractivity contribution in [2.75, 3.05) is 6.61 Å². The number of aromatic amines is 1. The van der Waals surface area contributed by atoms with E-state index in [0.29, 0.717) is 6.61 Å². The Labute approximate surface area is 119 Å². The van der Waals surface area contributed by atoms with Crippen molar-refractivity contribution in [3.05, 3.63) is 54.1 Å². The average molecular weight is 272 g/mol. The van der Waals surface area contributed by atoms with Crippen molar-refractivity contribution in [2.24, 2.45) is 0 Å². The second-order valence-corrected chi connectivity index (χ2v) is 5.35. The highest BCUT2D eigenvalue weighted by atomic mass is 16.7. The maximum Gasteiger partial charge on any atom is 0.173 e. The Kier molecular flexibility index (Phi) is 3.85.